The Labute approximate surface area is 65.5 Å². The van der Waals surface area contributed by atoms with Crippen molar-refractivity contribution in [2.24, 2.45) is 0 Å². The fourth-order valence-electron chi connectivity index (χ4n) is 1.20. The van der Waals surface area contributed by atoms with Crippen LogP contribution in [0.1, 0.15) is 0 Å². The van der Waals surface area contributed by atoms with E-state index in [1.54, 1.807) is 0 Å². The molecule has 0 N–H and O–H groups in total. The molecule has 2 aromatic rings. The second kappa shape index (κ2) is 2.38. The van der Waals surface area contributed by atoms with E-state index in [1.807, 2.05) is 29.1 Å². The van der Waals surface area contributed by atoms with E-state index >= 15 is 0 Å². The third-order valence-electron chi connectivity index (χ3n) is 1.76. The van der Waals surface area contributed by atoms with Gasteiger partial charge in [0.1, 0.15) is 0 Å². The molecule has 1 aromatic heterocycles. The number of benzene rings is 1. The van der Waals surface area contributed by atoms with Crippen LogP contribution in [0.3, 0.4) is 0 Å². The molecule has 2 nitrogen and oxygen atoms in total. The van der Waals surface area contributed by atoms with Gasteiger partial charge in [0.25, 0.3) is 0 Å². The van der Waals surface area contributed by atoms with Gasteiger partial charge in [-0.15, -0.1) is 0 Å². The largest absolute Gasteiger partial charge is 0.265 e. The average Bonchev–Trinajstić information content (AvgIpc) is 2.47. The van der Waals surface area contributed by atoms with E-state index in [1.165, 1.54) is 5.39 Å². The van der Waals surface area contributed by atoms with Gasteiger partial charge >= 0.3 is 0 Å². The molecule has 55 valence electrons. The second-order valence-corrected chi connectivity index (χ2v) is 2.43. The van der Waals surface area contributed by atoms with Crippen molar-refractivity contribution in [2.75, 3.05) is 0 Å². The van der Waals surface area contributed by atoms with Crippen LogP contribution in [0.5, 0.6) is 0 Å². The molecule has 1 aromatic carbocycles. The zero-order chi connectivity index (χ0) is 7.68. The molecular weight excluding hydrogens is 136 g/mol. The van der Waals surface area contributed by atoms with Gasteiger partial charge in [-0.2, -0.15) is 5.10 Å². The maximum atomic E-state index is 4.17. The first-order valence-electron chi connectivity index (χ1n) is 3.61. The molecule has 2 heteroatoms. The Kier molecular flexibility index (Phi) is 1.39. The van der Waals surface area contributed by atoms with Crippen molar-refractivity contribution in [2.45, 2.75) is 6.54 Å². The van der Waals surface area contributed by atoms with Crippen LogP contribution in [0.2, 0.25) is 0 Å². The van der Waals surface area contributed by atoms with Crippen LogP contribution in [0.4, 0.5) is 0 Å². The molecule has 0 atom stereocenters. The summed E-state index contributed by atoms with van der Waals surface area (Å²) in [5.74, 6) is 0. The lowest BCUT2D eigenvalue weighted by molar-refractivity contribution is 0.726. The molecule has 0 aliphatic carbocycles. The summed E-state index contributed by atoms with van der Waals surface area (Å²) in [6.45, 7) is 4.47. The number of rotatable bonds is 1. The fourth-order valence-corrected chi connectivity index (χ4v) is 1.20. The third kappa shape index (κ3) is 0.909. The minimum absolute atomic E-state index is 0.688. The van der Waals surface area contributed by atoms with Crippen molar-refractivity contribution in [1.29, 1.82) is 0 Å². The van der Waals surface area contributed by atoms with Crippen LogP contribution >= 0.6 is 0 Å². The summed E-state index contributed by atoms with van der Waals surface area (Å²) in [6.07, 6.45) is 1.86. The van der Waals surface area contributed by atoms with Crippen molar-refractivity contribution >= 4 is 10.9 Å². The molecular formula is C9H9N2. The summed E-state index contributed by atoms with van der Waals surface area (Å²) in [6, 6.07) is 8.12. The molecule has 0 saturated heterocycles. The lowest BCUT2D eigenvalue weighted by atomic mass is 10.3. The van der Waals surface area contributed by atoms with Crippen LogP contribution in [0.25, 0.3) is 10.9 Å². The molecule has 0 amide bonds. The first-order chi connectivity index (χ1) is 5.42. The summed E-state index contributed by atoms with van der Waals surface area (Å²) >= 11 is 0. The standard InChI is InChI=1S/C9H9N2/c1-2-11-9-6-4-3-5-8(9)7-10-11/h3-7H,1-2H2. The molecule has 0 fully saturated rings. The minimum Gasteiger partial charge on any atom is -0.265 e. The number of hydrogen-bond donors (Lipinski definition) is 0. The highest BCUT2D eigenvalue weighted by Gasteiger charge is 1.96. The Bertz CT molecular complexity index is 362. The topological polar surface area (TPSA) is 17.8 Å². The molecule has 1 heterocycles. The van der Waals surface area contributed by atoms with Crippen LogP contribution in [-0.4, -0.2) is 9.78 Å². The van der Waals surface area contributed by atoms with Crippen molar-refractivity contribution in [3.8, 4) is 0 Å². The number of nitrogens with zero attached hydrogens (tertiary/aromatic N) is 2. The maximum Gasteiger partial charge on any atom is 0.0682 e. The van der Waals surface area contributed by atoms with Gasteiger partial charge < -0.3 is 0 Å². The van der Waals surface area contributed by atoms with E-state index < -0.39 is 0 Å². The molecule has 1 radical (unpaired) electrons. The van der Waals surface area contributed by atoms with E-state index in [0.29, 0.717) is 6.54 Å². The van der Waals surface area contributed by atoms with E-state index in [0.717, 1.165) is 5.52 Å². The fraction of sp³-hybridized carbons (Fsp3) is 0.111. The van der Waals surface area contributed by atoms with E-state index in [-0.39, 0.29) is 0 Å². The number of hydrogen-bond acceptors (Lipinski definition) is 1. The molecule has 0 bridgehead atoms. The summed E-state index contributed by atoms with van der Waals surface area (Å²) in [7, 11) is 0. The number of para-hydroxylation sites is 1. The van der Waals surface area contributed by atoms with E-state index in [4.69, 9.17) is 0 Å². The third-order valence-corrected chi connectivity index (χ3v) is 1.76. The first-order valence-corrected chi connectivity index (χ1v) is 3.61. The molecule has 0 saturated carbocycles. The molecule has 0 unspecified atom stereocenters. The van der Waals surface area contributed by atoms with Crippen molar-refractivity contribution in [3.63, 3.8) is 0 Å². The zero-order valence-electron chi connectivity index (χ0n) is 6.20. The first kappa shape index (κ1) is 6.40. The minimum atomic E-state index is 0.688. The molecule has 0 aliphatic heterocycles. The Balaban J connectivity index is 2.76. The van der Waals surface area contributed by atoms with Gasteiger partial charge in [-0.25, -0.2) is 0 Å². The molecule has 2 rings (SSSR count). The maximum absolute atomic E-state index is 4.17. The summed E-state index contributed by atoms with van der Waals surface area (Å²) in [4.78, 5) is 0. The average molecular weight is 145 g/mol. The monoisotopic (exact) mass is 145 g/mol. The van der Waals surface area contributed by atoms with E-state index in [9.17, 15) is 0 Å². The highest BCUT2D eigenvalue weighted by molar-refractivity contribution is 5.78. The summed E-state index contributed by atoms with van der Waals surface area (Å²) in [5, 5.41) is 5.34. The van der Waals surface area contributed by atoms with Gasteiger partial charge in [0.15, 0.2) is 0 Å². The Morgan fingerprint density at radius 2 is 2.18 bits per heavy atom. The summed E-state index contributed by atoms with van der Waals surface area (Å²) in [5.41, 5.74) is 1.16. The van der Waals surface area contributed by atoms with Crippen LogP contribution in [-0.2, 0) is 6.54 Å². The predicted octanol–water partition coefficient (Wildman–Crippen LogP) is 1.87. The lowest BCUT2D eigenvalue weighted by Crippen LogP contribution is -1.94. The second-order valence-electron chi connectivity index (χ2n) is 2.43. The Hall–Kier alpha value is -1.31. The zero-order valence-corrected chi connectivity index (χ0v) is 6.20. The van der Waals surface area contributed by atoms with E-state index in [2.05, 4.69) is 18.1 Å². The van der Waals surface area contributed by atoms with Crippen LogP contribution in [0.15, 0.2) is 30.5 Å². The van der Waals surface area contributed by atoms with Crippen LogP contribution < -0.4 is 0 Å². The smallest absolute Gasteiger partial charge is 0.0682 e. The number of fused-ring (bicyclic) bond motifs is 1. The van der Waals surface area contributed by atoms with Crippen molar-refractivity contribution in [1.82, 2.24) is 9.78 Å². The Morgan fingerprint density at radius 3 is 3.00 bits per heavy atom. The Morgan fingerprint density at radius 1 is 1.36 bits per heavy atom. The molecule has 11 heavy (non-hydrogen) atoms. The SMILES string of the molecule is [CH2]Cn1ncc2ccccc21. The molecule has 0 aliphatic rings. The van der Waals surface area contributed by atoms with Gasteiger partial charge in [0.05, 0.1) is 11.7 Å². The van der Waals surface area contributed by atoms with Gasteiger partial charge in [-0.3, -0.25) is 4.68 Å². The van der Waals surface area contributed by atoms with Crippen molar-refractivity contribution < 1.29 is 0 Å². The summed E-state index contributed by atoms with van der Waals surface area (Å²) < 4.78 is 1.88. The highest BCUT2D eigenvalue weighted by Crippen LogP contribution is 2.11. The highest BCUT2D eigenvalue weighted by atomic mass is 15.3. The predicted molar refractivity (Wildman–Crippen MR) is 45.1 cm³/mol. The lowest BCUT2D eigenvalue weighted by Gasteiger charge is -1.95. The normalized spacial score (nSPS) is 10.6. The number of aromatic nitrogens is 2. The molecule has 0 spiro atoms. The van der Waals surface area contributed by atoms with Gasteiger partial charge in [0, 0.05) is 11.9 Å². The van der Waals surface area contributed by atoms with Crippen LogP contribution in [0, 0.1) is 6.92 Å². The van der Waals surface area contributed by atoms with Crippen molar-refractivity contribution in [3.05, 3.63) is 37.4 Å². The quantitative estimate of drug-likeness (QED) is 0.599. The van der Waals surface area contributed by atoms with Gasteiger partial charge in [-0.05, 0) is 13.0 Å². The van der Waals surface area contributed by atoms with Gasteiger partial charge in [0.2, 0.25) is 0 Å². The van der Waals surface area contributed by atoms with Gasteiger partial charge in [-0.1, -0.05) is 18.2 Å².